The van der Waals surface area contributed by atoms with E-state index < -0.39 is 0 Å². The monoisotopic (exact) mass is 536 g/mol. The van der Waals surface area contributed by atoms with Gasteiger partial charge in [-0.3, -0.25) is 9.79 Å². The van der Waals surface area contributed by atoms with Gasteiger partial charge in [-0.25, -0.2) is 0 Å². The number of ether oxygens (including phenoxy) is 2. The van der Waals surface area contributed by atoms with Crippen LogP contribution >= 0.6 is 24.0 Å². The number of anilines is 1. The summed E-state index contributed by atoms with van der Waals surface area (Å²) in [6.45, 7) is 1.66. The zero-order chi connectivity index (χ0) is 20.8. The minimum Gasteiger partial charge on any atom is -0.454 e. The molecule has 1 fully saturated rings. The van der Waals surface area contributed by atoms with Crippen LogP contribution in [-0.4, -0.2) is 32.3 Å². The van der Waals surface area contributed by atoms with Gasteiger partial charge in [0.2, 0.25) is 12.7 Å². The van der Waals surface area contributed by atoms with Gasteiger partial charge in [-0.15, -0.1) is 24.0 Å². The first-order valence-corrected chi connectivity index (χ1v) is 10.4. The van der Waals surface area contributed by atoms with Crippen molar-refractivity contribution in [3.8, 4) is 11.5 Å². The first-order valence-electron chi connectivity index (χ1n) is 10.4. The second-order valence-electron chi connectivity index (χ2n) is 7.61. The number of hydrogen-bond donors (Lipinski definition) is 3. The van der Waals surface area contributed by atoms with E-state index in [1.165, 1.54) is 5.56 Å². The lowest BCUT2D eigenvalue weighted by atomic mass is 9.85. The van der Waals surface area contributed by atoms with Gasteiger partial charge in [-0.1, -0.05) is 24.6 Å². The Morgan fingerprint density at radius 2 is 1.90 bits per heavy atom. The Morgan fingerprint density at radius 3 is 2.68 bits per heavy atom. The van der Waals surface area contributed by atoms with Crippen LogP contribution in [0.2, 0.25) is 0 Å². The molecule has 3 N–H and O–H groups in total. The summed E-state index contributed by atoms with van der Waals surface area (Å²) in [5.41, 5.74) is 3.11. The number of hydrogen-bond acceptors (Lipinski definition) is 4. The Kier molecular flexibility index (Phi) is 8.39. The number of amides is 1. The molecule has 0 unspecified atom stereocenters. The second-order valence-corrected chi connectivity index (χ2v) is 7.61. The molecule has 31 heavy (non-hydrogen) atoms. The highest BCUT2D eigenvalue weighted by atomic mass is 127. The van der Waals surface area contributed by atoms with E-state index in [0.717, 1.165) is 60.9 Å². The number of nitrogens with zero attached hydrogens (tertiary/aromatic N) is 1. The highest BCUT2D eigenvalue weighted by Crippen LogP contribution is 2.32. The number of guanidine groups is 1. The summed E-state index contributed by atoms with van der Waals surface area (Å²) >= 11 is 0. The van der Waals surface area contributed by atoms with E-state index in [4.69, 9.17) is 9.47 Å². The molecule has 1 aliphatic heterocycles. The lowest BCUT2D eigenvalue weighted by Crippen LogP contribution is -2.37. The van der Waals surface area contributed by atoms with E-state index >= 15 is 0 Å². The van der Waals surface area contributed by atoms with E-state index in [9.17, 15) is 4.79 Å². The SMILES string of the molecule is CN=C(NCCc1ccc2c(c1)OCO2)NCc1cccc(NC(=O)C2CCC2)c1.I. The predicted molar refractivity (Wildman–Crippen MR) is 132 cm³/mol. The van der Waals surface area contributed by atoms with Crippen molar-refractivity contribution in [1.82, 2.24) is 10.6 Å². The van der Waals surface area contributed by atoms with Crippen LogP contribution in [0.5, 0.6) is 11.5 Å². The van der Waals surface area contributed by atoms with Gasteiger partial charge in [0.25, 0.3) is 0 Å². The highest BCUT2D eigenvalue weighted by molar-refractivity contribution is 14.0. The Bertz CT molecular complexity index is 931. The fourth-order valence-electron chi connectivity index (χ4n) is 3.50. The number of carbonyl (C=O) groups is 1. The number of nitrogens with one attached hydrogen (secondary N) is 3. The number of aliphatic imine (C=N–C) groups is 1. The lowest BCUT2D eigenvalue weighted by molar-refractivity contribution is -0.122. The summed E-state index contributed by atoms with van der Waals surface area (Å²) in [6, 6.07) is 13.9. The van der Waals surface area contributed by atoms with Gasteiger partial charge in [0.05, 0.1) is 0 Å². The second kappa shape index (κ2) is 11.2. The van der Waals surface area contributed by atoms with Gasteiger partial charge in [0.1, 0.15) is 0 Å². The predicted octanol–water partition coefficient (Wildman–Crippen LogP) is 3.68. The number of carbonyl (C=O) groups excluding carboxylic acids is 1. The van der Waals surface area contributed by atoms with Crippen LogP contribution in [-0.2, 0) is 17.8 Å². The van der Waals surface area contributed by atoms with Crippen molar-refractivity contribution in [2.75, 3.05) is 25.7 Å². The average Bonchev–Trinajstić information content (AvgIpc) is 3.17. The topological polar surface area (TPSA) is 84.0 Å². The molecule has 8 heteroatoms. The van der Waals surface area contributed by atoms with E-state index in [-0.39, 0.29) is 35.8 Å². The smallest absolute Gasteiger partial charge is 0.231 e. The molecule has 2 aromatic rings. The molecular formula is C23H29IN4O3. The Hall–Kier alpha value is -2.49. The van der Waals surface area contributed by atoms with Gasteiger partial charge >= 0.3 is 0 Å². The molecule has 1 aliphatic carbocycles. The molecule has 1 heterocycles. The normalized spacial score (nSPS) is 14.9. The average molecular weight is 536 g/mol. The van der Waals surface area contributed by atoms with Crippen molar-refractivity contribution >= 4 is 41.5 Å². The highest BCUT2D eigenvalue weighted by Gasteiger charge is 2.25. The number of fused-ring (bicyclic) bond motifs is 1. The molecule has 0 spiro atoms. The molecule has 0 aromatic heterocycles. The summed E-state index contributed by atoms with van der Waals surface area (Å²) in [5, 5.41) is 9.68. The number of rotatable bonds is 7. The molecule has 1 amide bonds. The van der Waals surface area contributed by atoms with Crippen molar-refractivity contribution in [3.05, 3.63) is 53.6 Å². The molecule has 4 rings (SSSR count). The molecule has 166 valence electrons. The number of halogens is 1. The van der Waals surface area contributed by atoms with Gasteiger partial charge in [-0.2, -0.15) is 0 Å². The zero-order valence-corrected chi connectivity index (χ0v) is 20.0. The maximum absolute atomic E-state index is 12.1. The van der Waals surface area contributed by atoms with Crippen LogP contribution < -0.4 is 25.4 Å². The molecule has 7 nitrogen and oxygen atoms in total. The molecule has 0 bridgehead atoms. The molecule has 0 atom stereocenters. The first-order chi connectivity index (χ1) is 14.7. The molecule has 0 saturated heterocycles. The summed E-state index contributed by atoms with van der Waals surface area (Å²) in [7, 11) is 1.76. The Morgan fingerprint density at radius 1 is 1.06 bits per heavy atom. The Balaban J connectivity index is 0.00000272. The largest absolute Gasteiger partial charge is 0.454 e. The van der Waals surface area contributed by atoms with E-state index in [2.05, 4.69) is 27.0 Å². The fraction of sp³-hybridized carbons (Fsp3) is 0.391. The molecule has 0 radical (unpaired) electrons. The lowest BCUT2D eigenvalue weighted by Gasteiger charge is -2.24. The van der Waals surface area contributed by atoms with Crippen LogP contribution in [0, 0.1) is 5.92 Å². The fourth-order valence-corrected chi connectivity index (χ4v) is 3.50. The van der Waals surface area contributed by atoms with E-state index in [0.29, 0.717) is 13.3 Å². The van der Waals surface area contributed by atoms with Crippen LogP contribution in [0.15, 0.2) is 47.5 Å². The minimum absolute atomic E-state index is 0. The van der Waals surface area contributed by atoms with Crippen LogP contribution in [0.25, 0.3) is 0 Å². The van der Waals surface area contributed by atoms with Gasteiger partial charge < -0.3 is 25.4 Å². The van der Waals surface area contributed by atoms with Crippen molar-refractivity contribution in [2.24, 2.45) is 10.9 Å². The van der Waals surface area contributed by atoms with Gasteiger partial charge in [-0.05, 0) is 54.7 Å². The van der Waals surface area contributed by atoms with E-state index in [1.807, 2.05) is 36.4 Å². The van der Waals surface area contributed by atoms with Crippen molar-refractivity contribution in [1.29, 1.82) is 0 Å². The first kappa shape index (κ1) is 23.2. The molecule has 1 saturated carbocycles. The zero-order valence-electron chi connectivity index (χ0n) is 17.6. The van der Waals surface area contributed by atoms with Crippen LogP contribution in [0.1, 0.15) is 30.4 Å². The summed E-state index contributed by atoms with van der Waals surface area (Å²) in [4.78, 5) is 16.4. The summed E-state index contributed by atoms with van der Waals surface area (Å²) < 4.78 is 10.8. The third-order valence-corrected chi connectivity index (χ3v) is 5.50. The summed E-state index contributed by atoms with van der Waals surface area (Å²) in [6.07, 6.45) is 4.01. The number of benzene rings is 2. The van der Waals surface area contributed by atoms with Gasteiger partial charge in [0.15, 0.2) is 17.5 Å². The van der Waals surface area contributed by atoms with Gasteiger partial charge in [0, 0.05) is 31.7 Å². The third kappa shape index (κ3) is 6.25. The van der Waals surface area contributed by atoms with Crippen molar-refractivity contribution < 1.29 is 14.3 Å². The van der Waals surface area contributed by atoms with Crippen molar-refractivity contribution in [2.45, 2.75) is 32.2 Å². The quantitative estimate of drug-likeness (QED) is 0.286. The standard InChI is InChI=1S/C23H28N4O3.HI/c1-24-23(25-11-10-16-8-9-20-21(13-16)30-15-29-20)26-14-17-4-2-7-19(12-17)27-22(28)18-5-3-6-18;/h2,4,7-9,12-13,18H,3,5-6,10-11,14-15H2,1H3,(H,27,28)(H2,24,25,26);1H. The summed E-state index contributed by atoms with van der Waals surface area (Å²) in [5.74, 6) is 2.65. The molecule has 2 aromatic carbocycles. The Labute approximate surface area is 200 Å². The molecule has 2 aliphatic rings. The van der Waals surface area contributed by atoms with Crippen molar-refractivity contribution in [3.63, 3.8) is 0 Å². The van der Waals surface area contributed by atoms with Crippen LogP contribution in [0.3, 0.4) is 0 Å². The van der Waals surface area contributed by atoms with Crippen LogP contribution in [0.4, 0.5) is 5.69 Å². The van der Waals surface area contributed by atoms with E-state index in [1.54, 1.807) is 7.05 Å². The molecular weight excluding hydrogens is 507 g/mol. The third-order valence-electron chi connectivity index (χ3n) is 5.50. The minimum atomic E-state index is 0. The maximum atomic E-state index is 12.1. The maximum Gasteiger partial charge on any atom is 0.231 e.